The molecule has 1 aliphatic heterocycles. The SMILES string of the molecule is CC(O)(c1cccc(CCN)c1)C1CCOC1. The zero-order valence-electron chi connectivity index (χ0n) is 10.4. The maximum atomic E-state index is 10.7. The molecule has 2 unspecified atom stereocenters. The molecule has 3 heteroatoms. The number of hydrogen-bond donors (Lipinski definition) is 2. The van der Waals surface area contributed by atoms with Crippen molar-refractivity contribution >= 4 is 0 Å². The highest BCUT2D eigenvalue weighted by atomic mass is 16.5. The van der Waals surface area contributed by atoms with Crippen LogP contribution in [-0.4, -0.2) is 24.9 Å². The molecular weight excluding hydrogens is 214 g/mol. The van der Waals surface area contributed by atoms with Crippen molar-refractivity contribution in [1.82, 2.24) is 0 Å². The highest BCUT2D eigenvalue weighted by Gasteiger charge is 2.36. The second kappa shape index (κ2) is 5.17. The summed E-state index contributed by atoms with van der Waals surface area (Å²) >= 11 is 0. The fraction of sp³-hybridized carbons (Fsp3) is 0.571. The van der Waals surface area contributed by atoms with Crippen molar-refractivity contribution in [2.45, 2.75) is 25.4 Å². The summed E-state index contributed by atoms with van der Waals surface area (Å²) in [6.45, 7) is 3.92. The molecule has 3 nitrogen and oxygen atoms in total. The molecule has 17 heavy (non-hydrogen) atoms. The first-order chi connectivity index (χ1) is 8.14. The van der Waals surface area contributed by atoms with Crippen molar-refractivity contribution in [2.24, 2.45) is 11.7 Å². The zero-order chi connectivity index (χ0) is 12.3. The van der Waals surface area contributed by atoms with E-state index in [0.29, 0.717) is 13.2 Å². The van der Waals surface area contributed by atoms with Crippen molar-refractivity contribution in [1.29, 1.82) is 0 Å². The van der Waals surface area contributed by atoms with Crippen LogP contribution in [0.1, 0.15) is 24.5 Å². The zero-order valence-corrected chi connectivity index (χ0v) is 10.4. The van der Waals surface area contributed by atoms with Gasteiger partial charge in [0.1, 0.15) is 0 Å². The second-order valence-electron chi connectivity index (χ2n) is 4.95. The lowest BCUT2D eigenvalue weighted by atomic mass is 9.82. The van der Waals surface area contributed by atoms with Gasteiger partial charge in [0.25, 0.3) is 0 Å². The van der Waals surface area contributed by atoms with Gasteiger partial charge >= 0.3 is 0 Å². The van der Waals surface area contributed by atoms with E-state index in [9.17, 15) is 5.11 Å². The van der Waals surface area contributed by atoms with Gasteiger partial charge in [-0.25, -0.2) is 0 Å². The van der Waals surface area contributed by atoms with Crippen molar-refractivity contribution in [2.75, 3.05) is 19.8 Å². The van der Waals surface area contributed by atoms with Gasteiger partial charge in [0, 0.05) is 12.5 Å². The van der Waals surface area contributed by atoms with Gasteiger partial charge in [0.2, 0.25) is 0 Å². The molecule has 94 valence electrons. The Morgan fingerprint density at radius 1 is 1.53 bits per heavy atom. The minimum atomic E-state index is -0.804. The fourth-order valence-electron chi connectivity index (χ4n) is 2.42. The molecule has 1 aromatic rings. The van der Waals surface area contributed by atoms with Crippen LogP contribution in [0.15, 0.2) is 24.3 Å². The van der Waals surface area contributed by atoms with Gasteiger partial charge in [-0.3, -0.25) is 0 Å². The molecule has 0 radical (unpaired) electrons. The van der Waals surface area contributed by atoms with E-state index in [1.165, 1.54) is 5.56 Å². The molecule has 0 bridgehead atoms. The summed E-state index contributed by atoms with van der Waals surface area (Å²) in [6, 6.07) is 8.09. The topological polar surface area (TPSA) is 55.5 Å². The van der Waals surface area contributed by atoms with E-state index in [2.05, 4.69) is 12.1 Å². The van der Waals surface area contributed by atoms with E-state index in [4.69, 9.17) is 10.5 Å². The van der Waals surface area contributed by atoms with Crippen LogP contribution in [-0.2, 0) is 16.8 Å². The number of benzene rings is 1. The van der Waals surface area contributed by atoms with Crippen LogP contribution < -0.4 is 5.73 Å². The molecule has 0 amide bonds. The van der Waals surface area contributed by atoms with Crippen molar-refractivity contribution in [3.05, 3.63) is 35.4 Å². The molecule has 2 rings (SSSR count). The van der Waals surface area contributed by atoms with Crippen LogP contribution in [0.4, 0.5) is 0 Å². The van der Waals surface area contributed by atoms with E-state index in [1.807, 2.05) is 19.1 Å². The Hall–Kier alpha value is -0.900. The van der Waals surface area contributed by atoms with Crippen molar-refractivity contribution in [3.63, 3.8) is 0 Å². The average molecular weight is 235 g/mol. The Balaban J connectivity index is 2.22. The van der Waals surface area contributed by atoms with Crippen LogP contribution in [0.5, 0.6) is 0 Å². The highest BCUT2D eigenvalue weighted by molar-refractivity contribution is 5.29. The second-order valence-corrected chi connectivity index (χ2v) is 4.95. The van der Waals surface area contributed by atoms with E-state index >= 15 is 0 Å². The normalized spacial score (nSPS) is 23.6. The van der Waals surface area contributed by atoms with E-state index in [1.54, 1.807) is 0 Å². The molecule has 1 aromatic carbocycles. The Kier molecular flexibility index (Phi) is 3.82. The Morgan fingerprint density at radius 2 is 2.35 bits per heavy atom. The summed E-state index contributed by atoms with van der Waals surface area (Å²) in [5, 5.41) is 10.7. The quantitative estimate of drug-likeness (QED) is 0.830. The lowest BCUT2D eigenvalue weighted by Gasteiger charge is -2.30. The molecule has 0 aromatic heterocycles. The van der Waals surface area contributed by atoms with E-state index < -0.39 is 5.60 Å². The minimum absolute atomic E-state index is 0.190. The van der Waals surface area contributed by atoms with Gasteiger partial charge in [0.05, 0.1) is 12.2 Å². The van der Waals surface area contributed by atoms with Gasteiger partial charge in [-0.15, -0.1) is 0 Å². The minimum Gasteiger partial charge on any atom is -0.385 e. The highest BCUT2D eigenvalue weighted by Crippen LogP contribution is 2.34. The molecule has 1 saturated heterocycles. The molecular formula is C14H21NO2. The predicted molar refractivity (Wildman–Crippen MR) is 67.7 cm³/mol. The monoisotopic (exact) mass is 235 g/mol. The molecule has 2 atom stereocenters. The Morgan fingerprint density at radius 3 is 3.00 bits per heavy atom. The van der Waals surface area contributed by atoms with Crippen molar-refractivity contribution < 1.29 is 9.84 Å². The molecule has 0 aliphatic carbocycles. The van der Waals surface area contributed by atoms with Gasteiger partial charge in [0.15, 0.2) is 0 Å². The van der Waals surface area contributed by atoms with Gasteiger partial charge in [-0.2, -0.15) is 0 Å². The van der Waals surface area contributed by atoms with Gasteiger partial charge in [-0.05, 0) is 37.4 Å². The summed E-state index contributed by atoms with van der Waals surface area (Å²) in [5.74, 6) is 0.190. The number of nitrogens with two attached hydrogens (primary N) is 1. The fourth-order valence-corrected chi connectivity index (χ4v) is 2.42. The van der Waals surface area contributed by atoms with Crippen LogP contribution in [0.25, 0.3) is 0 Å². The first-order valence-electron chi connectivity index (χ1n) is 6.24. The molecule has 1 fully saturated rings. The Labute approximate surface area is 103 Å². The maximum Gasteiger partial charge on any atom is 0.0919 e. The first-order valence-corrected chi connectivity index (χ1v) is 6.24. The first kappa shape index (κ1) is 12.6. The summed E-state index contributed by atoms with van der Waals surface area (Å²) in [6.07, 6.45) is 1.78. The summed E-state index contributed by atoms with van der Waals surface area (Å²) in [7, 11) is 0. The largest absolute Gasteiger partial charge is 0.385 e. The molecule has 0 saturated carbocycles. The molecule has 0 spiro atoms. The van der Waals surface area contributed by atoms with Crippen LogP contribution in [0.2, 0.25) is 0 Å². The van der Waals surface area contributed by atoms with Gasteiger partial charge < -0.3 is 15.6 Å². The number of hydrogen-bond acceptors (Lipinski definition) is 3. The maximum absolute atomic E-state index is 10.7. The van der Waals surface area contributed by atoms with E-state index in [-0.39, 0.29) is 5.92 Å². The van der Waals surface area contributed by atoms with E-state index in [0.717, 1.165) is 25.0 Å². The van der Waals surface area contributed by atoms with Crippen LogP contribution >= 0.6 is 0 Å². The summed E-state index contributed by atoms with van der Waals surface area (Å²) in [4.78, 5) is 0. The third-order valence-electron chi connectivity index (χ3n) is 3.67. The summed E-state index contributed by atoms with van der Waals surface area (Å²) in [5.41, 5.74) is 6.91. The van der Waals surface area contributed by atoms with Crippen molar-refractivity contribution in [3.8, 4) is 0 Å². The van der Waals surface area contributed by atoms with Crippen LogP contribution in [0, 0.1) is 5.92 Å². The molecule has 1 heterocycles. The number of aliphatic hydroxyl groups is 1. The van der Waals surface area contributed by atoms with Gasteiger partial charge in [-0.1, -0.05) is 24.3 Å². The third-order valence-corrected chi connectivity index (χ3v) is 3.67. The standard InChI is InChI=1S/C14H21NO2/c1-14(16,13-6-8-17-10-13)12-4-2-3-11(9-12)5-7-15/h2-4,9,13,16H,5-8,10,15H2,1H3. The predicted octanol–water partition coefficient (Wildman–Crippen LogP) is 1.43. The summed E-state index contributed by atoms with van der Waals surface area (Å²) < 4.78 is 5.36. The number of rotatable bonds is 4. The van der Waals surface area contributed by atoms with Crippen LogP contribution in [0.3, 0.4) is 0 Å². The molecule has 1 aliphatic rings. The smallest absolute Gasteiger partial charge is 0.0919 e. The number of ether oxygens (including phenoxy) is 1. The average Bonchev–Trinajstić information content (AvgIpc) is 2.84. The lowest BCUT2D eigenvalue weighted by molar-refractivity contribution is -0.00976. The lowest BCUT2D eigenvalue weighted by Crippen LogP contribution is -2.32. The molecule has 3 N–H and O–H groups in total. The Bertz CT molecular complexity index is 370. The third kappa shape index (κ3) is 2.68.